The Balaban J connectivity index is 1.73. The first-order chi connectivity index (χ1) is 11.3. The molecule has 0 unspecified atom stereocenters. The lowest BCUT2D eigenvalue weighted by Gasteiger charge is -2.33. The number of nitrogens with zero attached hydrogens (tertiary/aromatic N) is 4. The van der Waals surface area contributed by atoms with E-state index in [9.17, 15) is 4.79 Å². The van der Waals surface area contributed by atoms with E-state index >= 15 is 0 Å². The van der Waals surface area contributed by atoms with Gasteiger partial charge in [0.15, 0.2) is 5.82 Å². The summed E-state index contributed by atoms with van der Waals surface area (Å²) in [5.74, 6) is 0.533. The summed E-state index contributed by atoms with van der Waals surface area (Å²) in [6.07, 6.45) is 1.69. The zero-order chi connectivity index (χ0) is 16.1. The minimum Gasteiger partial charge on any atom is -0.377 e. The van der Waals surface area contributed by atoms with Gasteiger partial charge in [-0.2, -0.15) is 5.10 Å². The predicted molar refractivity (Wildman–Crippen MR) is 82.7 cm³/mol. The summed E-state index contributed by atoms with van der Waals surface area (Å²) in [4.78, 5) is 18.3. The number of benzene rings is 1. The van der Waals surface area contributed by atoms with Crippen LogP contribution in [0.1, 0.15) is 17.4 Å². The van der Waals surface area contributed by atoms with E-state index < -0.39 is 0 Å². The monoisotopic (exact) mass is 316 g/mol. The Morgan fingerprint density at radius 2 is 2.22 bits per heavy atom. The van der Waals surface area contributed by atoms with Crippen LogP contribution in [0.25, 0.3) is 0 Å². The van der Waals surface area contributed by atoms with E-state index in [0.29, 0.717) is 32.1 Å². The fraction of sp³-hybridized carbons (Fsp3) is 0.438. The molecule has 0 N–H and O–H groups in total. The molecule has 1 aliphatic heterocycles. The normalized spacial score (nSPS) is 18.1. The van der Waals surface area contributed by atoms with Gasteiger partial charge in [-0.15, -0.1) is 0 Å². The molecule has 0 aliphatic carbocycles. The van der Waals surface area contributed by atoms with Crippen molar-refractivity contribution in [3.05, 3.63) is 48.0 Å². The standard InChI is InChI=1S/C16H20N4O3/c1-22-11-15(21)20-7-8-23-10-14(20)16-17-12-19(18-16)9-13-5-3-2-4-6-13/h2-6,12,14H,7-11H2,1H3/t14-/m0/s1. The SMILES string of the molecule is COCC(=O)N1CCOC[C@H]1c1ncn(Cc2ccccc2)n1. The second-order valence-electron chi connectivity index (χ2n) is 5.40. The molecule has 3 rings (SSSR count). The summed E-state index contributed by atoms with van der Waals surface area (Å²) < 4.78 is 12.2. The topological polar surface area (TPSA) is 69.5 Å². The van der Waals surface area contributed by atoms with Crippen molar-refractivity contribution in [2.24, 2.45) is 0 Å². The predicted octanol–water partition coefficient (Wildman–Crippen LogP) is 0.873. The lowest BCUT2D eigenvalue weighted by atomic mass is 10.2. The Kier molecular flexibility index (Phi) is 4.99. The maximum absolute atomic E-state index is 12.2. The molecule has 7 nitrogen and oxygen atoms in total. The Bertz CT molecular complexity index is 644. The van der Waals surface area contributed by atoms with Crippen molar-refractivity contribution in [3.8, 4) is 0 Å². The van der Waals surface area contributed by atoms with Gasteiger partial charge < -0.3 is 14.4 Å². The van der Waals surface area contributed by atoms with Crippen LogP contribution in [0.5, 0.6) is 0 Å². The van der Waals surface area contributed by atoms with E-state index in [1.165, 1.54) is 7.11 Å². The zero-order valence-corrected chi connectivity index (χ0v) is 13.1. The van der Waals surface area contributed by atoms with E-state index in [2.05, 4.69) is 10.1 Å². The van der Waals surface area contributed by atoms with E-state index in [0.717, 1.165) is 5.56 Å². The molecule has 7 heteroatoms. The number of hydrogen-bond donors (Lipinski definition) is 0. The quantitative estimate of drug-likeness (QED) is 0.819. The number of rotatable bonds is 5. The molecule has 0 saturated carbocycles. The molecule has 1 amide bonds. The molecule has 0 spiro atoms. The molecule has 1 aliphatic rings. The minimum absolute atomic E-state index is 0.0568. The first-order valence-electron chi connectivity index (χ1n) is 7.57. The van der Waals surface area contributed by atoms with Crippen LogP contribution in [0.4, 0.5) is 0 Å². The summed E-state index contributed by atoms with van der Waals surface area (Å²) in [5.41, 5.74) is 1.15. The van der Waals surface area contributed by atoms with Crippen molar-refractivity contribution in [3.63, 3.8) is 0 Å². The smallest absolute Gasteiger partial charge is 0.249 e. The maximum atomic E-state index is 12.2. The largest absolute Gasteiger partial charge is 0.377 e. The van der Waals surface area contributed by atoms with Crippen LogP contribution in [0, 0.1) is 0 Å². The van der Waals surface area contributed by atoms with Gasteiger partial charge in [0.25, 0.3) is 0 Å². The van der Waals surface area contributed by atoms with E-state index in [1.54, 1.807) is 15.9 Å². The fourth-order valence-electron chi connectivity index (χ4n) is 2.63. The summed E-state index contributed by atoms with van der Waals surface area (Å²) in [6.45, 7) is 2.16. The number of methoxy groups -OCH3 is 1. The van der Waals surface area contributed by atoms with Crippen molar-refractivity contribution in [1.82, 2.24) is 19.7 Å². The first kappa shape index (κ1) is 15.6. The molecule has 1 aromatic heterocycles. The average Bonchev–Trinajstić information content (AvgIpc) is 3.04. The zero-order valence-electron chi connectivity index (χ0n) is 13.1. The minimum atomic E-state index is -0.261. The lowest BCUT2D eigenvalue weighted by molar-refractivity contribution is -0.144. The second-order valence-corrected chi connectivity index (χ2v) is 5.40. The molecule has 23 heavy (non-hydrogen) atoms. The molecular weight excluding hydrogens is 296 g/mol. The van der Waals surface area contributed by atoms with Crippen molar-refractivity contribution in [2.45, 2.75) is 12.6 Å². The molecule has 1 atom stereocenters. The maximum Gasteiger partial charge on any atom is 0.249 e. The highest BCUT2D eigenvalue weighted by atomic mass is 16.5. The van der Waals surface area contributed by atoms with Crippen LogP contribution in [0.3, 0.4) is 0 Å². The highest BCUT2D eigenvalue weighted by Crippen LogP contribution is 2.21. The molecule has 2 aromatic rings. The summed E-state index contributed by atoms with van der Waals surface area (Å²) in [7, 11) is 1.51. The van der Waals surface area contributed by atoms with Crippen LogP contribution >= 0.6 is 0 Å². The molecule has 0 bridgehead atoms. The third-order valence-corrected chi connectivity index (χ3v) is 3.76. The third kappa shape index (κ3) is 3.75. The van der Waals surface area contributed by atoms with Crippen LogP contribution in [0.2, 0.25) is 0 Å². The van der Waals surface area contributed by atoms with Gasteiger partial charge in [-0.05, 0) is 5.56 Å². The van der Waals surface area contributed by atoms with Gasteiger partial charge in [0, 0.05) is 13.7 Å². The highest BCUT2D eigenvalue weighted by molar-refractivity contribution is 5.78. The first-order valence-corrected chi connectivity index (χ1v) is 7.57. The van der Waals surface area contributed by atoms with Crippen molar-refractivity contribution in [1.29, 1.82) is 0 Å². The number of carbonyl (C=O) groups is 1. The third-order valence-electron chi connectivity index (χ3n) is 3.76. The van der Waals surface area contributed by atoms with Gasteiger partial charge in [-0.1, -0.05) is 30.3 Å². The van der Waals surface area contributed by atoms with E-state index in [4.69, 9.17) is 9.47 Å². The summed E-state index contributed by atoms with van der Waals surface area (Å²) in [6, 6.07) is 9.79. The molecular formula is C16H20N4O3. The van der Waals surface area contributed by atoms with Crippen molar-refractivity contribution < 1.29 is 14.3 Å². The van der Waals surface area contributed by atoms with Crippen molar-refractivity contribution >= 4 is 5.91 Å². The van der Waals surface area contributed by atoms with Crippen LogP contribution in [-0.2, 0) is 20.8 Å². The van der Waals surface area contributed by atoms with Crippen LogP contribution in [-0.4, -0.2) is 59.0 Å². The van der Waals surface area contributed by atoms with Gasteiger partial charge in [0.05, 0.1) is 19.8 Å². The molecule has 0 radical (unpaired) electrons. The fourth-order valence-corrected chi connectivity index (χ4v) is 2.63. The van der Waals surface area contributed by atoms with Gasteiger partial charge in [-0.3, -0.25) is 4.79 Å². The molecule has 122 valence electrons. The average molecular weight is 316 g/mol. The van der Waals surface area contributed by atoms with Gasteiger partial charge in [0.1, 0.15) is 19.0 Å². The Morgan fingerprint density at radius 1 is 1.39 bits per heavy atom. The number of carbonyl (C=O) groups excluding carboxylic acids is 1. The van der Waals surface area contributed by atoms with Gasteiger partial charge in [-0.25, -0.2) is 9.67 Å². The Morgan fingerprint density at radius 3 is 3.00 bits per heavy atom. The lowest BCUT2D eigenvalue weighted by Crippen LogP contribution is -2.45. The molecule has 2 heterocycles. The van der Waals surface area contributed by atoms with Crippen molar-refractivity contribution in [2.75, 3.05) is 33.5 Å². The van der Waals surface area contributed by atoms with Crippen LogP contribution < -0.4 is 0 Å². The molecule has 1 saturated heterocycles. The number of morpholine rings is 1. The highest BCUT2D eigenvalue weighted by Gasteiger charge is 2.31. The van der Waals surface area contributed by atoms with Gasteiger partial charge in [0.2, 0.25) is 5.91 Å². The number of amides is 1. The second kappa shape index (κ2) is 7.34. The number of aromatic nitrogens is 3. The van der Waals surface area contributed by atoms with E-state index in [-0.39, 0.29) is 18.6 Å². The van der Waals surface area contributed by atoms with Crippen LogP contribution in [0.15, 0.2) is 36.7 Å². The Labute approximate surface area is 134 Å². The summed E-state index contributed by atoms with van der Waals surface area (Å²) in [5, 5.41) is 4.51. The van der Waals surface area contributed by atoms with Gasteiger partial charge >= 0.3 is 0 Å². The summed E-state index contributed by atoms with van der Waals surface area (Å²) >= 11 is 0. The number of ether oxygens (including phenoxy) is 2. The molecule has 1 fully saturated rings. The number of hydrogen-bond acceptors (Lipinski definition) is 5. The Hall–Kier alpha value is -2.25. The molecule has 1 aromatic carbocycles. The van der Waals surface area contributed by atoms with E-state index in [1.807, 2.05) is 30.3 Å².